The van der Waals surface area contributed by atoms with Crippen LogP contribution in [0.2, 0.25) is 0 Å². The maximum atomic E-state index is 14.1. The van der Waals surface area contributed by atoms with E-state index in [1.54, 1.807) is 65.8 Å². The number of sulfone groups is 1. The minimum atomic E-state index is -4.77. The van der Waals surface area contributed by atoms with E-state index in [4.69, 9.17) is 0 Å². The van der Waals surface area contributed by atoms with Crippen LogP contribution in [0.15, 0.2) is 54.7 Å². The molecule has 0 N–H and O–H groups in total. The molecule has 0 aliphatic carbocycles. The fourth-order valence-electron chi connectivity index (χ4n) is 4.62. The number of benzene rings is 2. The van der Waals surface area contributed by atoms with Crippen LogP contribution in [0, 0.1) is 51.7 Å². The molecule has 0 amide bonds. The van der Waals surface area contributed by atoms with E-state index in [2.05, 4.69) is 30.8 Å². The minimum absolute atomic E-state index is 0.190. The van der Waals surface area contributed by atoms with Gasteiger partial charge in [-0.05, 0) is 88.2 Å². The van der Waals surface area contributed by atoms with E-state index in [0.29, 0.717) is 22.3 Å². The lowest BCUT2D eigenvalue weighted by Gasteiger charge is -2.21. The predicted octanol–water partition coefficient (Wildman–Crippen LogP) is 3.69. The zero-order valence-electron chi connectivity index (χ0n) is 20.7. The van der Waals surface area contributed by atoms with Gasteiger partial charge in [-0.25, -0.2) is 8.42 Å². The largest absolute Gasteiger partial charge is 0.492 e. The van der Waals surface area contributed by atoms with Crippen LogP contribution in [0.5, 0.6) is 0 Å². The van der Waals surface area contributed by atoms with Crippen molar-refractivity contribution in [3.8, 4) is 0 Å². The van der Waals surface area contributed by atoms with Crippen molar-refractivity contribution in [2.75, 3.05) is 0 Å². The maximum Gasteiger partial charge on any atom is 0.492 e. The smallest absolute Gasteiger partial charge is 0.390 e. The van der Waals surface area contributed by atoms with Crippen LogP contribution in [-0.2, 0) is 24.9 Å². The summed E-state index contributed by atoms with van der Waals surface area (Å²) >= 11 is 0. The normalized spacial score (nSPS) is 14.9. The number of nitrogens with zero attached hydrogens (tertiary/aromatic N) is 8. The molecule has 0 saturated heterocycles. The van der Waals surface area contributed by atoms with Gasteiger partial charge in [0.2, 0.25) is 9.84 Å². The molecule has 16 heteroatoms. The van der Waals surface area contributed by atoms with Gasteiger partial charge >= 0.3 is 16.8 Å². The molecule has 0 fully saturated rings. The molecular formula is C21H22N8O6S2. The van der Waals surface area contributed by atoms with Crippen LogP contribution in [-0.4, -0.2) is 35.9 Å². The van der Waals surface area contributed by atoms with Crippen LogP contribution >= 0.6 is 0 Å². The first-order valence-corrected chi connectivity index (χ1v) is 13.7. The molecule has 2 heterocycles. The first-order chi connectivity index (χ1) is 17.1. The third-order valence-corrected chi connectivity index (χ3v) is 9.91. The third kappa shape index (κ3) is 3.92. The quantitative estimate of drug-likeness (QED) is 0.330. The molecule has 14 nitrogen and oxygen atoms in total. The van der Waals surface area contributed by atoms with E-state index in [1.165, 1.54) is 0 Å². The minimum Gasteiger partial charge on any atom is -0.390 e. The van der Waals surface area contributed by atoms with E-state index in [0.717, 1.165) is 11.1 Å². The van der Waals surface area contributed by atoms with Crippen molar-refractivity contribution in [1.82, 2.24) is 14.2 Å². The molecule has 0 unspecified atom stereocenters. The zero-order chi connectivity index (χ0) is 27.5. The average molecular weight is 547 g/mol. The van der Waals surface area contributed by atoms with Gasteiger partial charge in [0.05, 0.1) is 9.79 Å². The van der Waals surface area contributed by atoms with Gasteiger partial charge in [0.15, 0.2) is 0 Å². The Morgan fingerprint density at radius 2 is 1.22 bits per heavy atom. The van der Waals surface area contributed by atoms with Crippen LogP contribution < -0.4 is 0 Å². The average Bonchev–Trinajstić information content (AvgIpc) is 3.40. The monoisotopic (exact) mass is 546 g/mol. The van der Waals surface area contributed by atoms with Gasteiger partial charge in [0.25, 0.3) is 10.0 Å². The van der Waals surface area contributed by atoms with E-state index in [-0.39, 0.29) is 13.9 Å². The predicted molar refractivity (Wildman–Crippen MR) is 129 cm³/mol. The van der Waals surface area contributed by atoms with E-state index in [9.17, 15) is 26.9 Å². The standard InChI is InChI=1S/C21H22N8O6S2/c1-11-7-13(3)17(14(4)8-11)36(32,33)21(24-26-27-25-21)19-22-20(29(30)31)23-28(19)37(34,35)18-15(5)9-12(2)10-16(18)6/h7-10H,1-6H3. The van der Waals surface area contributed by atoms with Crippen molar-refractivity contribution in [2.45, 2.75) is 56.3 Å². The summed E-state index contributed by atoms with van der Waals surface area (Å²) in [6.07, 6.45) is 0. The van der Waals surface area contributed by atoms with E-state index in [1.807, 2.05) is 0 Å². The SMILES string of the molecule is Cc1cc(C)c(S(=O)(=O)n2nc([N+](=O)[O-])nc2C2(S(=O)(=O)c3c(C)cc(C)cc3C)N=NN=N2)c(C)c1. The Bertz CT molecular complexity index is 1700. The molecule has 1 aromatic heterocycles. The Kier molecular flexibility index (Phi) is 6.07. The van der Waals surface area contributed by atoms with Crippen molar-refractivity contribution in [1.29, 1.82) is 0 Å². The Morgan fingerprint density at radius 1 is 0.784 bits per heavy atom. The first kappa shape index (κ1) is 26.2. The first-order valence-electron chi connectivity index (χ1n) is 10.8. The number of aromatic nitrogens is 3. The fraction of sp³-hybridized carbons (Fsp3) is 0.333. The van der Waals surface area contributed by atoms with Crippen molar-refractivity contribution in [3.63, 3.8) is 0 Å². The second-order valence-electron chi connectivity index (χ2n) is 8.79. The molecule has 0 radical (unpaired) electrons. The Morgan fingerprint density at radius 3 is 1.65 bits per heavy atom. The number of hydrogen-bond donors (Lipinski definition) is 0. The van der Waals surface area contributed by atoms with Gasteiger partial charge in [-0.2, -0.15) is 8.42 Å². The maximum absolute atomic E-state index is 14.1. The number of aryl methyl sites for hydroxylation is 6. The lowest BCUT2D eigenvalue weighted by atomic mass is 10.1. The molecular weight excluding hydrogens is 524 g/mol. The van der Waals surface area contributed by atoms with Gasteiger partial charge < -0.3 is 10.1 Å². The topological polar surface area (TPSA) is 192 Å². The van der Waals surface area contributed by atoms with Crippen LogP contribution in [0.4, 0.5) is 5.95 Å². The fourth-order valence-corrected chi connectivity index (χ4v) is 8.27. The highest BCUT2D eigenvalue weighted by Crippen LogP contribution is 2.44. The Labute approximate surface area is 212 Å². The second kappa shape index (κ2) is 8.58. The van der Waals surface area contributed by atoms with Gasteiger partial charge in [0, 0.05) is 5.10 Å². The summed E-state index contributed by atoms with van der Waals surface area (Å²) in [5.41, 5.74) is 2.84. The van der Waals surface area contributed by atoms with Crippen molar-refractivity contribution < 1.29 is 21.8 Å². The van der Waals surface area contributed by atoms with Gasteiger partial charge in [0.1, 0.15) is 0 Å². The molecule has 4 rings (SSSR count). The van der Waals surface area contributed by atoms with Crippen LogP contribution in [0.3, 0.4) is 0 Å². The lowest BCUT2D eigenvalue weighted by Crippen LogP contribution is -2.36. The van der Waals surface area contributed by atoms with E-state index >= 15 is 0 Å². The zero-order valence-corrected chi connectivity index (χ0v) is 22.3. The highest BCUT2D eigenvalue weighted by atomic mass is 32.2. The molecule has 194 valence electrons. The summed E-state index contributed by atoms with van der Waals surface area (Å²) < 4.78 is 56.2. The lowest BCUT2D eigenvalue weighted by molar-refractivity contribution is -0.394. The highest BCUT2D eigenvalue weighted by Gasteiger charge is 2.60. The molecule has 1 aliphatic rings. The van der Waals surface area contributed by atoms with Gasteiger partial charge in [-0.1, -0.05) is 35.4 Å². The van der Waals surface area contributed by atoms with E-state index < -0.39 is 41.6 Å². The molecule has 2 aromatic carbocycles. The Hall–Kier alpha value is -3.92. The van der Waals surface area contributed by atoms with Crippen molar-refractivity contribution in [2.24, 2.45) is 20.7 Å². The number of nitro groups is 1. The molecule has 0 atom stereocenters. The number of rotatable bonds is 6. The molecule has 0 spiro atoms. The van der Waals surface area contributed by atoms with Gasteiger partial charge in [-0.3, -0.25) is 0 Å². The molecule has 1 aliphatic heterocycles. The summed E-state index contributed by atoms with van der Waals surface area (Å²) in [6.45, 7) is 9.73. The molecule has 3 aromatic rings. The molecule has 37 heavy (non-hydrogen) atoms. The molecule has 0 saturated carbocycles. The second-order valence-corrected chi connectivity index (χ2v) is 12.5. The summed E-state index contributed by atoms with van der Waals surface area (Å²) in [6, 6.07) is 6.43. The van der Waals surface area contributed by atoms with Crippen LogP contribution in [0.25, 0.3) is 0 Å². The Balaban J connectivity index is 2.10. The third-order valence-electron chi connectivity index (χ3n) is 5.76. The number of hydrogen-bond acceptors (Lipinski definition) is 12. The highest BCUT2D eigenvalue weighted by molar-refractivity contribution is 7.92. The summed E-state index contributed by atoms with van der Waals surface area (Å²) in [5.74, 6) is -2.12. The van der Waals surface area contributed by atoms with Crippen LogP contribution in [0.1, 0.15) is 39.2 Å². The summed E-state index contributed by atoms with van der Waals surface area (Å²) in [7, 11) is -9.50. The van der Waals surface area contributed by atoms with Crippen molar-refractivity contribution in [3.05, 3.63) is 73.6 Å². The van der Waals surface area contributed by atoms with Crippen molar-refractivity contribution >= 4 is 25.8 Å². The molecule has 0 bridgehead atoms. The summed E-state index contributed by atoms with van der Waals surface area (Å²) in [4.78, 5) is 10.9. The summed E-state index contributed by atoms with van der Waals surface area (Å²) in [5, 5.41) is 29.2. The van der Waals surface area contributed by atoms with Gasteiger partial charge in [-0.15, -0.1) is 10.2 Å².